The highest BCUT2D eigenvalue weighted by molar-refractivity contribution is 7.99. The molecule has 0 aromatic heterocycles. The topological polar surface area (TPSA) is 84.5 Å². The smallest absolute Gasteiger partial charge is 0.339 e. The number of esters is 1. The van der Waals surface area contributed by atoms with Crippen LogP contribution in [-0.2, 0) is 14.3 Å². The van der Waals surface area contributed by atoms with Gasteiger partial charge >= 0.3 is 5.97 Å². The molecule has 0 aliphatic heterocycles. The average Bonchev–Trinajstić information content (AvgIpc) is 2.67. The second-order valence-corrected chi connectivity index (χ2v) is 7.26. The number of carbonyl (C=O) groups is 3. The van der Waals surface area contributed by atoms with Crippen LogP contribution in [0.2, 0.25) is 0 Å². The Morgan fingerprint density at radius 2 is 1.79 bits per heavy atom. The van der Waals surface area contributed by atoms with Crippen molar-refractivity contribution < 1.29 is 19.1 Å². The summed E-state index contributed by atoms with van der Waals surface area (Å²) in [6.07, 6.45) is 1.07. The van der Waals surface area contributed by atoms with Gasteiger partial charge in [-0.3, -0.25) is 9.59 Å². The largest absolute Gasteiger partial charge is 0.465 e. The van der Waals surface area contributed by atoms with E-state index in [1.807, 2.05) is 31.2 Å². The summed E-state index contributed by atoms with van der Waals surface area (Å²) in [5, 5.41) is 5.59. The lowest BCUT2D eigenvalue weighted by molar-refractivity contribution is -0.116. The van der Waals surface area contributed by atoms with Crippen LogP contribution in [0.25, 0.3) is 0 Å². The van der Waals surface area contributed by atoms with Crippen molar-refractivity contribution in [3.8, 4) is 0 Å². The molecule has 0 saturated heterocycles. The minimum absolute atomic E-state index is 0.0392. The van der Waals surface area contributed by atoms with E-state index in [0.717, 1.165) is 11.3 Å². The van der Waals surface area contributed by atoms with Gasteiger partial charge in [0, 0.05) is 12.1 Å². The molecular formula is C21H24N2O4S. The third-order valence-corrected chi connectivity index (χ3v) is 4.88. The van der Waals surface area contributed by atoms with Gasteiger partial charge in [0.05, 0.1) is 24.1 Å². The summed E-state index contributed by atoms with van der Waals surface area (Å²) in [6.45, 7) is 1.97. The molecular weight excluding hydrogens is 376 g/mol. The predicted molar refractivity (Wildman–Crippen MR) is 113 cm³/mol. The van der Waals surface area contributed by atoms with E-state index < -0.39 is 5.97 Å². The Morgan fingerprint density at radius 1 is 1.00 bits per heavy atom. The van der Waals surface area contributed by atoms with Gasteiger partial charge in [-0.1, -0.05) is 24.3 Å². The fourth-order valence-corrected chi connectivity index (χ4v) is 3.26. The zero-order chi connectivity index (χ0) is 20.4. The molecule has 2 amide bonds. The van der Waals surface area contributed by atoms with Crippen LogP contribution in [0.1, 0.15) is 28.8 Å². The van der Waals surface area contributed by atoms with Crippen LogP contribution in [0.3, 0.4) is 0 Å². The summed E-state index contributed by atoms with van der Waals surface area (Å²) in [5.41, 5.74) is 2.63. The Morgan fingerprint density at radius 3 is 2.54 bits per heavy atom. The third-order valence-electron chi connectivity index (χ3n) is 3.83. The van der Waals surface area contributed by atoms with Gasteiger partial charge in [0.25, 0.3) is 0 Å². The summed E-state index contributed by atoms with van der Waals surface area (Å²) in [5.74, 6) is 0.193. The summed E-state index contributed by atoms with van der Waals surface area (Å²) in [6, 6.07) is 14.4. The Hall–Kier alpha value is -2.80. The number of benzene rings is 2. The van der Waals surface area contributed by atoms with Gasteiger partial charge in [-0.15, -0.1) is 0 Å². The van der Waals surface area contributed by atoms with Crippen molar-refractivity contribution in [1.29, 1.82) is 0 Å². The maximum atomic E-state index is 12.1. The molecule has 0 fully saturated rings. The molecule has 0 unspecified atom stereocenters. The Kier molecular flexibility index (Phi) is 8.55. The van der Waals surface area contributed by atoms with E-state index in [1.165, 1.54) is 18.9 Å². The summed E-state index contributed by atoms with van der Waals surface area (Å²) in [7, 11) is 1.30. The molecule has 148 valence electrons. The SMILES string of the molecule is COC(=O)c1ccccc1NC(=O)CSCCCC(=O)Nc1cccc(C)c1. The molecule has 2 aromatic carbocycles. The van der Waals surface area contributed by atoms with E-state index in [0.29, 0.717) is 29.8 Å². The number of aryl methyl sites for hydroxylation is 1. The highest BCUT2D eigenvalue weighted by atomic mass is 32.2. The van der Waals surface area contributed by atoms with Crippen molar-refractivity contribution >= 4 is 40.9 Å². The zero-order valence-electron chi connectivity index (χ0n) is 16.0. The first-order valence-electron chi connectivity index (χ1n) is 8.91. The maximum Gasteiger partial charge on any atom is 0.339 e. The number of carbonyl (C=O) groups excluding carboxylic acids is 3. The summed E-state index contributed by atoms with van der Waals surface area (Å²) < 4.78 is 4.71. The molecule has 0 radical (unpaired) electrons. The van der Waals surface area contributed by atoms with Crippen LogP contribution < -0.4 is 10.6 Å². The van der Waals surface area contributed by atoms with Gasteiger partial charge in [0.15, 0.2) is 0 Å². The van der Waals surface area contributed by atoms with E-state index >= 15 is 0 Å². The van der Waals surface area contributed by atoms with Gasteiger partial charge in [0.2, 0.25) is 11.8 Å². The van der Waals surface area contributed by atoms with E-state index in [1.54, 1.807) is 24.3 Å². The van der Waals surface area contributed by atoms with Crippen molar-refractivity contribution in [2.45, 2.75) is 19.8 Å². The number of thioether (sulfide) groups is 1. The van der Waals surface area contributed by atoms with Crippen LogP contribution in [0.5, 0.6) is 0 Å². The molecule has 28 heavy (non-hydrogen) atoms. The van der Waals surface area contributed by atoms with Gasteiger partial charge in [-0.25, -0.2) is 4.79 Å². The van der Waals surface area contributed by atoms with Crippen molar-refractivity contribution in [2.24, 2.45) is 0 Å². The van der Waals surface area contributed by atoms with E-state index in [-0.39, 0.29) is 17.6 Å². The molecule has 0 atom stereocenters. The van der Waals surface area contributed by atoms with Crippen LogP contribution in [0.4, 0.5) is 11.4 Å². The Labute approximate surface area is 169 Å². The molecule has 0 aliphatic rings. The van der Waals surface area contributed by atoms with Gasteiger partial charge in [-0.05, 0) is 48.9 Å². The third kappa shape index (κ3) is 7.08. The monoisotopic (exact) mass is 400 g/mol. The standard InChI is InChI=1S/C21H24N2O4S/c1-15-7-5-8-16(13-15)22-19(24)11-6-12-28-14-20(25)23-18-10-4-3-9-17(18)21(26)27-2/h3-5,7-10,13H,6,11-12,14H2,1-2H3,(H,22,24)(H,23,25). The van der Waals surface area contributed by atoms with Crippen LogP contribution in [-0.4, -0.2) is 36.4 Å². The van der Waals surface area contributed by atoms with Gasteiger partial charge in [0.1, 0.15) is 0 Å². The predicted octanol–water partition coefficient (Wildman–Crippen LogP) is 3.87. The average molecular weight is 401 g/mol. The molecule has 6 nitrogen and oxygen atoms in total. The molecule has 0 spiro atoms. The fourth-order valence-electron chi connectivity index (χ4n) is 2.51. The van der Waals surface area contributed by atoms with Crippen LogP contribution in [0, 0.1) is 6.92 Å². The van der Waals surface area contributed by atoms with Crippen molar-refractivity contribution in [2.75, 3.05) is 29.2 Å². The second-order valence-electron chi connectivity index (χ2n) is 6.16. The number of methoxy groups -OCH3 is 1. The number of rotatable bonds is 9. The van der Waals surface area contributed by atoms with Crippen molar-refractivity contribution in [3.05, 3.63) is 59.7 Å². The lowest BCUT2D eigenvalue weighted by atomic mass is 10.2. The normalized spacial score (nSPS) is 10.2. The minimum atomic E-state index is -0.497. The summed E-state index contributed by atoms with van der Waals surface area (Å²) >= 11 is 1.44. The number of para-hydroxylation sites is 1. The quantitative estimate of drug-likeness (QED) is 0.493. The van der Waals surface area contributed by atoms with Crippen molar-refractivity contribution in [1.82, 2.24) is 0 Å². The lowest BCUT2D eigenvalue weighted by Gasteiger charge is -2.09. The first kappa shape index (κ1) is 21.5. The van der Waals surface area contributed by atoms with Crippen LogP contribution in [0.15, 0.2) is 48.5 Å². The lowest BCUT2D eigenvalue weighted by Crippen LogP contribution is -2.17. The second kappa shape index (κ2) is 11.1. The number of amides is 2. The minimum Gasteiger partial charge on any atom is -0.465 e. The number of hydrogen-bond acceptors (Lipinski definition) is 5. The molecule has 0 saturated carbocycles. The molecule has 2 N–H and O–H groups in total. The molecule has 2 rings (SSSR count). The first-order chi connectivity index (χ1) is 13.5. The van der Waals surface area contributed by atoms with E-state index in [9.17, 15) is 14.4 Å². The number of anilines is 2. The molecule has 2 aromatic rings. The molecule has 0 aliphatic carbocycles. The van der Waals surface area contributed by atoms with Crippen LogP contribution >= 0.6 is 11.8 Å². The van der Waals surface area contributed by atoms with Gasteiger partial charge in [-0.2, -0.15) is 11.8 Å². The molecule has 0 heterocycles. The zero-order valence-corrected chi connectivity index (χ0v) is 16.8. The first-order valence-corrected chi connectivity index (χ1v) is 10.1. The van der Waals surface area contributed by atoms with E-state index in [4.69, 9.17) is 4.74 Å². The highest BCUT2D eigenvalue weighted by Gasteiger charge is 2.13. The van der Waals surface area contributed by atoms with E-state index in [2.05, 4.69) is 10.6 Å². The van der Waals surface area contributed by atoms with Gasteiger partial charge < -0.3 is 15.4 Å². The number of nitrogens with one attached hydrogen (secondary N) is 2. The number of hydrogen-bond donors (Lipinski definition) is 2. The summed E-state index contributed by atoms with van der Waals surface area (Å²) in [4.78, 5) is 35.7. The molecule has 0 bridgehead atoms. The Balaban J connectivity index is 1.68. The Bertz CT molecular complexity index is 839. The maximum absolute atomic E-state index is 12.1. The highest BCUT2D eigenvalue weighted by Crippen LogP contribution is 2.17. The van der Waals surface area contributed by atoms with Crippen molar-refractivity contribution in [3.63, 3.8) is 0 Å². The molecule has 7 heteroatoms. The fraction of sp³-hybridized carbons (Fsp3) is 0.286. The number of ether oxygens (including phenoxy) is 1.